The second-order valence-corrected chi connectivity index (χ2v) is 7.78. The summed E-state index contributed by atoms with van der Waals surface area (Å²) in [6.45, 7) is 4.32. The van der Waals surface area contributed by atoms with Crippen molar-refractivity contribution in [3.05, 3.63) is 45.8 Å². The molecule has 1 aliphatic rings. The van der Waals surface area contributed by atoms with Gasteiger partial charge in [0.2, 0.25) is 0 Å². The topological polar surface area (TPSA) is 50.4 Å². The number of rotatable bonds is 5. The highest BCUT2D eigenvalue weighted by Crippen LogP contribution is 2.38. The van der Waals surface area contributed by atoms with Gasteiger partial charge in [-0.05, 0) is 74.5 Å². The molecule has 0 radical (unpaired) electrons. The number of thiocarbonyl (C=S) groups is 1. The van der Waals surface area contributed by atoms with Crippen LogP contribution < -0.4 is 10.6 Å². The van der Waals surface area contributed by atoms with E-state index >= 15 is 0 Å². The maximum Gasteiger partial charge on any atom is 0.341 e. The fourth-order valence-electron chi connectivity index (χ4n) is 3.21. The van der Waals surface area contributed by atoms with E-state index in [-0.39, 0.29) is 5.97 Å². The molecule has 6 heteroatoms. The summed E-state index contributed by atoms with van der Waals surface area (Å²) in [4.78, 5) is 13.8. The summed E-state index contributed by atoms with van der Waals surface area (Å²) < 4.78 is 5.29. The minimum atomic E-state index is -0.259. The lowest BCUT2D eigenvalue weighted by Gasteiger charge is -2.13. The molecule has 1 aromatic heterocycles. The van der Waals surface area contributed by atoms with E-state index in [0.717, 1.165) is 41.9 Å². The Bertz CT molecular complexity index is 814. The van der Waals surface area contributed by atoms with Crippen LogP contribution in [0.25, 0.3) is 0 Å². The average Bonchev–Trinajstić information content (AvgIpc) is 2.99. The number of fused-ring (bicyclic) bond motifs is 1. The fraction of sp³-hybridized carbons (Fsp3) is 0.400. The number of nitrogens with one attached hydrogen (secondary N) is 2. The minimum absolute atomic E-state index is 0.259. The van der Waals surface area contributed by atoms with Crippen LogP contribution in [0.5, 0.6) is 0 Å². The Morgan fingerprint density at radius 1 is 1.23 bits per heavy atom. The van der Waals surface area contributed by atoms with Gasteiger partial charge in [-0.25, -0.2) is 4.79 Å². The largest absolute Gasteiger partial charge is 0.462 e. The number of carbonyl (C=O) groups excluding carboxylic acids is 1. The summed E-state index contributed by atoms with van der Waals surface area (Å²) >= 11 is 7.10. The Hall–Kier alpha value is -1.92. The molecule has 0 fully saturated rings. The number of benzene rings is 1. The third-order valence-corrected chi connectivity index (χ3v) is 5.88. The van der Waals surface area contributed by atoms with Crippen LogP contribution in [0.4, 0.5) is 10.7 Å². The summed E-state index contributed by atoms with van der Waals surface area (Å²) in [5.74, 6) is -0.259. The number of hydrogen-bond acceptors (Lipinski definition) is 4. The van der Waals surface area contributed by atoms with Crippen LogP contribution in [0, 0.1) is 0 Å². The second-order valence-electron chi connectivity index (χ2n) is 6.27. The van der Waals surface area contributed by atoms with Crippen molar-refractivity contribution in [3.8, 4) is 0 Å². The van der Waals surface area contributed by atoms with E-state index in [2.05, 4.69) is 29.7 Å². The maximum absolute atomic E-state index is 12.5. The smallest absolute Gasteiger partial charge is 0.341 e. The Kier molecular flexibility index (Phi) is 6.27. The van der Waals surface area contributed by atoms with Crippen molar-refractivity contribution < 1.29 is 9.53 Å². The van der Waals surface area contributed by atoms with Crippen LogP contribution in [0.1, 0.15) is 53.1 Å². The molecule has 4 nitrogen and oxygen atoms in total. The first-order valence-electron chi connectivity index (χ1n) is 9.11. The summed E-state index contributed by atoms with van der Waals surface area (Å²) in [6, 6.07) is 8.17. The monoisotopic (exact) mass is 388 g/mol. The number of ether oxygens (including phenoxy) is 1. The summed E-state index contributed by atoms with van der Waals surface area (Å²) in [5.41, 5.74) is 3.99. The van der Waals surface area contributed by atoms with Crippen molar-refractivity contribution >= 4 is 45.3 Å². The Morgan fingerprint density at radius 3 is 2.81 bits per heavy atom. The summed E-state index contributed by atoms with van der Waals surface area (Å²) in [7, 11) is 0. The van der Waals surface area contributed by atoms with Crippen LogP contribution >= 0.6 is 23.6 Å². The van der Waals surface area contributed by atoms with Gasteiger partial charge >= 0.3 is 5.97 Å². The highest BCUT2D eigenvalue weighted by molar-refractivity contribution is 7.80. The van der Waals surface area contributed by atoms with Crippen molar-refractivity contribution in [2.24, 2.45) is 0 Å². The van der Waals surface area contributed by atoms with Gasteiger partial charge < -0.3 is 15.4 Å². The molecule has 0 amide bonds. The van der Waals surface area contributed by atoms with Gasteiger partial charge in [0.05, 0.1) is 12.2 Å². The molecule has 0 bridgehead atoms. The van der Waals surface area contributed by atoms with Crippen LogP contribution in [0.2, 0.25) is 0 Å². The molecular formula is C20H24N2O2S2. The predicted molar refractivity (Wildman–Crippen MR) is 113 cm³/mol. The van der Waals surface area contributed by atoms with E-state index in [4.69, 9.17) is 17.0 Å². The van der Waals surface area contributed by atoms with E-state index in [1.165, 1.54) is 16.9 Å². The van der Waals surface area contributed by atoms with Gasteiger partial charge in [0.15, 0.2) is 5.11 Å². The zero-order valence-electron chi connectivity index (χ0n) is 15.2. The molecule has 0 atom stereocenters. The molecule has 0 saturated heterocycles. The summed E-state index contributed by atoms with van der Waals surface area (Å²) in [5, 5.41) is 7.73. The van der Waals surface area contributed by atoms with E-state index in [9.17, 15) is 4.79 Å². The fourth-order valence-corrected chi connectivity index (χ4v) is 4.77. The molecule has 0 spiro atoms. The summed E-state index contributed by atoms with van der Waals surface area (Å²) in [6.07, 6.45) is 5.21. The Morgan fingerprint density at radius 2 is 2.04 bits per heavy atom. The van der Waals surface area contributed by atoms with Gasteiger partial charge in [0.1, 0.15) is 5.00 Å². The van der Waals surface area contributed by atoms with Gasteiger partial charge in [-0.3, -0.25) is 0 Å². The van der Waals surface area contributed by atoms with Crippen molar-refractivity contribution in [2.75, 3.05) is 17.2 Å². The molecule has 1 heterocycles. The van der Waals surface area contributed by atoms with E-state index in [1.54, 1.807) is 11.3 Å². The first kappa shape index (κ1) is 18.9. The second kappa shape index (κ2) is 8.64. The molecular weight excluding hydrogens is 364 g/mol. The first-order valence-corrected chi connectivity index (χ1v) is 10.3. The molecule has 138 valence electrons. The van der Waals surface area contributed by atoms with Crippen LogP contribution in [0.3, 0.4) is 0 Å². The Balaban J connectivity index is 1.80. The van der Waals surface area contributed by atoms with Crippen molar-refractivity contribution in [1.82, 2.24) is 0 Å². The van der Waals surface area contributed by atoms with Gasteiger partial charge in [-0.1, -0.05) is 19.1 Å². The number of anilines is 2. The van der Waals surface area contributed by atoms with E-state index in [1.807, 2.05) is 19.1 Å². The first-order chi connectivity index (χ1) is 12.6. The van der Waals surface area contributed by atoms with Crippen LogP contribution in [0.15, 0.2) is 24.3 Å². The third kappa shape index (κ3) is 4.24. The number of carbonyl (C=O) groups is 1. The number of hydrogen-bond donors (Lipinski definition) is 2. The van der Waals surface area contributed by atoms with Gasteiger partial charge in [-0.15, -0.1) is 11.3 Å². The predicted octanol–water partition coefficient (Wildman–Crippen LogP) is 5.17. The number of thiophene rings is 1. The molecule has 0 aliphatic heterocycles. The highest BCUT2D eigenvalue weighted by Gasteiger charge is 2.26. The lowest BCUT2D eigenvalue weighted by Crippen LogP contribution is -2.20. The zero-order valence-corrected chi connectivity index (χ0v) is 16.8. The van der Waals surface area contributed by atoms with Gasteiger partial charge in [0.25, 0.3) is 0 Å². The van der Waals surface area contributed by atoms with Gasteiger partial charge in [0, 0.05) is 10.6 Å². The quantitative estimate of drug-likeness (QED) is 0.546. The lowest BCUT2D eigenvalue weighted by atomic mass is 9.95. The molecule has 0 saturated carbocycles. The molecule has 2 N–H and O–H groups in total. The molecule has 2 aromatic rings. The van der Waals surface area contributed by atoms with E-state index < -0.39 is 0 Å². The van der Waals surface area contributed by atoms with Gasteiger partial charge in [-0.2, -0.15) is 0 Å². The highest BCUT2D eigenvalue weighted by atomic mass is 32.1. The van der Waals surface area contributed by atoms with Crippen LogP contribution in [-0.4, -0.2) is 17.7 Å². The molecule has 1 aromatic carbocycles. The standard InChI is InChI=1S/C20H24N2O2S2/c1-3-13-8-7-9-14(12-13)21-20(25)22-18-17(19(23)24-4-2)15-10-5-6-11-16(15)26-18/h7-9,12H,3-6,10-11H2,1-2H3,(H2,21,22,25). The van der Waals surface area contributed by atoms with E-state index in [0.29, 0.717) is 17.3 Å². The molecule has 1 aliphatic carbocycles. The minimum Gasteiger partial charge on any atom is -0.462 e. The van der Waals surface area contributed by atoms with Crippen molar-refractivity contribution in [1.29, 1.82) is 0 Å². The Labute approximate surface area is 164 Å². The lowest BCUT2D eigenvalue weighted by molar-refractivity contribution is 0.0526. The maximum atomic E-state index is 12.5. The normalized spacial score (nSPS) is 13.0. The van der Waals surface area contributed by atoms with Crippen LogP contribution in [-0.2, 0) is 24.0 Å². The van der Waals surface area contributed by atoms with Crippen molar-refractivity contribution in [2.45, 2.75) is 46.0 Å². The van der Waals surface area contributed by atoms with Crippen molar-refractivity contribution in [3.63, 3.8) is 0 Å². The number of esters is 1. The molecule has 3 rings (SSSR count). The third-order valence-electron chi connectivity index (χ3n) is 4.47. The SMILES string of the molecule is CCOC(=O)c1c(NC(=S)Nc2cccc(CC)c2)sc2c1CCCC2. The molecule has 0 unspecified atom stereocenters. The number of aryl methyl sites for hydroxylation is 2. The average molecular weight is 389 g/mol. The molecule has 26 heavy (non-hydrogen) atoms. The zero-order chi connectivity index (χ0) is 18.5.